The van der Waals surface area contributed by atoms with Gasteiger partial charge >= 0.3 is 12.0 Å². The zero-order chi connectivity index (χ0) is 20.7. The molecule has 28 heavy (non-hydrogen) atoms. The van der Waals surface area contributed by atoms with E-state index in [1.807, 2.05) is 25.7 Å². The number of halogens is 1. The Hall–Kier alpha value is -2.34. The van der Waals surface area contributed by atoms with Crippen molar-refractivity contribution in [2.24, 2.45) is 0 Å². The lowest BCUT2D eigenvalue weighted by Crippen LogP contribution is -2.44. The van der Waals surface area contributed by atoms with Crippen molar-refractivity contribution in [3.8, 4) is 0 Å². The van der Waals surface area contributed by atoms with Gasteiger partial charge in [0.15, 0.2) is 0 Å². The van der Waals surface area contributed by atoms with Crippen LogP contribution in [-0.4, -0.2) is 48.1 Å². The molecule has 0 fully saturated rings. The molecule has 0 bridgehead atoms. The smallest absolute Gasteiger partial charge is 0.341 e. The molecule has 1 aromatic heterocycles. The lowest BCUT2D eigenvalue weighted by molar-refractivity contribution is 0.0527. The summed E-state index contributed by atoms with van der Waals surface area (Å²) in [6.07, 6.45) is 3.19. The van der Waals surface area contributed by atoms with E-state index in [9.17, 15) is 9.59 Å². The highest BCUT2D eigenvalue weighted by atomic mass is 35.5. The SMILES string of the molecule is CCCN(CCC)C(=O)N(CC)c1c(C(=O)OCC)cnc2cc(Cl)ccc12. The number of urea groups is 1. The van der Waals surface area contributed by atoms with Crippen molar-refractivity contribution in [1.82, 2.24) is 9.88 Å². The van der Waals surface area contributed by atoms with E-state index in [0.717, 1.165) is 12.8 Å². The first-order valence-electron chi connectivity index (χ1n) is 9.80. The van der Waals surface area contributed by atoms with Gasteiger partial charge in [0, 0.05) is 36.2 Å². The monoisotopic (exact) mass is 405 g/mol. The van der Waals surface area contributed by atoms with Crippen LogP contribution < -0.4 is 4.90 Å². The third kappa shape index (κ3) is 4.73. The summed E-state index contributed by atoms with van der Waals surface area (Å²) in [5.41, 5.74) is 1.42. The van der Waals surface area contributed by atoms with Crippen LogP contribution in [0.2, 0.25) is 5.02 Å². The van der Waals surface area contributed by atoms with E-state index in [0.29, 0.717) is 41.2 Å². The summed E-state index contributed by atoms with van der Waals surface area (Å²) in [6.45, 7) is 9.70. The molecule has 1 heterocycles. The number of fused-ring (bicyclic) bond motifs is 1. The first-order chi connectivity index (χ1) is 13.5. The highest BCUT2D eigenvalue weighted by Gasteiger charge is 2.27. The molecule has 152 valence electrons. The molecule has 6 nitrogen and oxygen atoms in total. The van der Waals surface area contributed by atoms with Crippen molar-refractivity contribution < 1.29 is 14.3 Å². The van der Waals surface area contributed by atoms with E-state index in [1.165, 1.54) is 6.20 Å². The third-order valence-electron chi connectivity index (χ3n) is 4.37. The highest BCUT2D eigenvalue weighted by Crippen LogP contribution is 2.32. The highest BCUT2D eigenvalue weighted by molar-refractivity contribution is 6.31. The molecule has 0 aliphatic carbocycles. The van der Waals surface area contributed by atoms with Gasteiger partial charge in [0.2, 0.25) is 0 Å². The predicted molar refractivity (Wildman–Crippen MR) is 113 cm³/mol. The van der Waals surface area contributed by atoms with Gasteiger partial charge < -0.3 is 9.64 Å². The molecule has 0 N–H and O–H groups in total. The average molecular weight is 406 g/mol. The lowest BCUT2D eigenvalue weighted by Gasteiger charge is -2.31. The number of carbonyl (C=O) groups is 2. The van der Waals surface area contributed by atoms with Crippen molar-refractivity contribution in [2.75, 3.05) is 31.1 Å². The Labute approximate surface area is 171 Å². The molecule has 0 aliphatic rings. The average Bonchev–Trinajstić information content (AvgIpc) is 2.68. The number of hydrogen-bond donors (Lipinski definition) is 0. The first kappa shape index (κ1) is 22.0. The van der Waals surface area contributed by atoms with Crippen LogP contribution in [0.15, 0.2) is 24.4 Å². The second-order valence-electron chi connectivity index (χ2n) is 6.42. The lowest BCUT2D eigenvalue weighted by atomic mass is 10.1. The molecule has 1 aromatic carbocycles. The number of amides is 2. The number of ether oxygens (including phenoxy) is 1. The molecule has 0 saturated carbocycles. The Kier molecular flexibility index (Phi) is 8.05. The molecule has 0 radical (unpaired) electrons. The molecular formula is C21H28ClN3O3. The molecule has 0 atom stereocenters. The maximum Gasteiger partial charge on any atom is 0.341 e. The summed E-state index contributed by atoms with van der Waals surface area (Å²) in [5.74, 6) is -0.495. The standard InChI is InChI=1S/C21H28ClN3O3/c1-5-11-24(12-6-2)21(27)25(7-3)19-16-10-9-15(22)13-18(16)23-14-17(19)20(26)28-8-4/h9-10,13-14H,5-8,11-12H2,1-4H3. The summed E-state index contributed by atoms with van der Waals surface area (Å²) in [6, 6.07) is 5.13. The normalized spacial score (nSPS) is 10.8. The molecule has 0 saturated heterocycles. The summed E-state index contributed by atoms with van der Waals surface area (Å²) >= 11 is 6.11. The maximum absolute atomic E-state index is 13.4. The summed E-state index contributed by atoms with van der Waals surface area (Å²) in [5, 5.41) is 1.24. The number of rotatable bonds is 8. The van der Waals surface area contributed by atoms with Crippen molar-refractivity contribution in [3.05, 3.63) is 35.0 Å². The van der Waals surface area contributed by atoms with Gasteiger partial charge in [-0.1, -0.05) is 25.4 Å². The molecule has 7 heteroatoms. The fraction of sp³-hybridized carbons (Fsp3) is 0.476. The second-order valence-corrected chi connectivity index (χ2v) is 6.85. The predicted octanol–water partition coefficient (Wildman–Crippen LogP) is 5.13. The minimum absolute atomic E-state index is 0.126. The Morgan fingerprint density at radius 3 is 2.36 bits per heavy atom. The molecule has 0 unspecified atom stereocenters. The number of benzene rings is 1. The van der Waals surface area contributed by atoms with E-state index in [4.69, 9.17) is 16.3 Å². The fourth-order valence-corrected chi connectivity index (χ4v) is 3.37. The number of hydrogen-bond acceptors (Lipinski definition) is 4. The molecule has 0 spiro atoms. The molecule has 2 aromatic rings. The molecular weight excluding hydrogens is 378 g/mol. The van der Waals surface area contributed by atoms with Gasteiger partial charge in [0.25, 0.3) is 0 Å². The van der Waals surface area contributed by atoms with Crippen LogP contribution in [0.25, 0.3) is 10.9 Å². The van der Waals surface area contributed by atoms with Gasteiger partial charge in [0.1, 0.15) is 5.56 Å². The topological polar surface area (TPSA) is 62.7 Å². The number of anilines is 1. The minimum Gasteiger partial charge on any atom is -0.462 e. The van der Waals surface area contributed by atoms with Gasteiger partial charge in [-0.25, -0.2) is 9.59 Å². The van der Waals surface area contributed by atoms with Gasteiger partial charge in [-0.05, 0) is 44.9 Å². The summed E-state index contributed by atoms with van der Waals surface area (Å²) < 4.78 is 5.21. The molecule has 0 aliphatic heterocycles. The van der Waals surface area contributed by atoms with E-state index in [-0.39, 0.29) is 18.2 Å². The number of esters is 1. The summed E-state index contributed by atoms with van der Waals surface area (Å²) in [4.78, 5) is 33.8. The molecule has 2 rings (SSSR count). The van der Waals surface area contributed by atoms with E-state index in [1.54, 1.807) is 30.0 Å². The van der Waals surface area contributed by atoms with Crippen LogP contribution in [0.1, 0.15) is 50.9 Å². The Morgan fingerprint density at radius 2 is 1.79 bits per heavy atom. The number of aromatic nitrogens is 1. The van der Waals surface area contributed by atoms with Crippen molar-refractivity contribution >= 4 is 40.2 Å². The van der Waals surface area contributed by atoms with Gasteiger partial charge in [-0.15, -0.1) is 0 Å². The quantitative estimate of drug-likeness (QED) is 0.571. The van der Waals surface area contributed by atoms with Crippen molar-refractivity contribution in [2.45, 2.75) is 40.5 Å². The van der Waals surface area contributed by atoms with E-state index >= 15 is 0 Å². The maximum atomic E-state index is 13.4. The molecule has 2 amide bonds. The van der Waals surface area contributed by atoms with Gasteiger partial charge in [-0.3, -0.25) is 9.88 Å². The van der Waals surface area contributed by atoms with Crippen LogP contribution in [-0.2, 0) is 4.74 Å². The Balaban J connectivity index is 2.66. The largest absolute Gasteiger partial charge is 0.462 e. The van der Waals surface area contributed by atoms with Gasteiger partial charge in [-0.2, -0.15) is 0 Å². The van der Waals surface area contributed by atoms with Crippen LogP contribution >= 0.6 is 11.6 Å². The third-order valence-corrected chi connectivity index (χ3v) is 4.61. The van der Waals surface area contributed by atoms with Crippen molar-refractivity contribution in [1.29, 1.82) is 0 Å². The Bertz CT molecular complexity index is 835. The first-order valence-corrected chi connectivity index (χ1v) is 10.2. The van der Waals surface area contributed by atoms with E-state index in [2.05, 4.69) is 4.98 Å². The Morgan fingerprint density at radius 1 is 1.11 bits per heavy atom. The number of nitrogens with zero attached hydrogens (tertiary/aromatic N) is 3. The second kappa shape index (κ2) is 10.3. The fourth-order valence-electron chi connectivity index (χ4n) is 3.20. The van der Waals surface area contributed by atoms with Crippen molar-refractivity contribution in [3.63, 3.8) is 0 Å². The van der Waals surface area contributed by atoms with Crippen LogP contribution in [0.5, 0.6) is 0 Å². The number of carbonyl (C=O) groups excluding carboxylic acids is 2. The zero-order valence-electron chi connectivity index (χ0n) is 17.0. The van der Waals surface area contributed by atoms with Crippen LogP contribution in [0, 0.1) is 0 Å². The van der Waals surface area contributed by atoms with Crippen LogP contribution in [0.3, 0.4) is 0 Å². The minimum atomic E-state index is -0.495. The number of pyridine rings is 1. The van der Waals surface area contributed by atoms with Gasteiger partial charge in [0.05, 0.1) is 17.8 Å². The van der Waals surface area contributed by atoms with E-state index < -0.39 is 5.97 Å². The zero-order valence-corrected chi connectivity index (χ0v) is 17.8. The summed E-state index contributed by atoms with van der Waals surface area (Å²) in [7, 11) is 0. The van der Waals surface area contributed by atoms with Crippen LogP contribution in [0.4, 0.5) is 10.5 Å².